The van der Waals surface area contributed by atoms with Crippen LogP contribution in [0.4, 0.5) is 0 Å². The topological polar surface area (TPSA) is 3.24 Å². The normalized spacial score (nSPS) is 17.9. The van der Waals surface area contributed by atoms with Crippen LogP contribution in [0.1, 0.15) is 11.1 Å². The van der Waals surface area contributed by atoms with Crippen LogP contribution in [0.3, 0.4) is 0 Å². The molecular weight excluding hydrogens is 134 g/mol. The summed E-state index contributed by atoms with van der Waals surface area (Å²) >= 11 is 0. The Labute approximate surface area is 67.6 Å². The second-order valence-electron chi connectivity index (χ2n) is 2.96. The van der Waals surface area contributed by atoms with Gasteiger partial charge in [0.25, 0.3) is 0 Å². The Hall–Kier alpha value is -0.820. The van der Waals surface area contributed by atoms with Gasteiger partial charge in [0, 0.05) is 6.54 Å². The third-order valence-electron chi connectivity index (χ3n) is 2.07. The van der Waals surface area contributed by atoms with Gasteiger partial charge in [-0.1, -0.05) is 24.3 Å². The second-order valence-corrected chi connectivity index (χ2v) is 2.96. The second kappa shape index (κ2) is 2.67. The Bertz CT molecular complexity index is 255. The van der Waals surface area contributed by atoms with E-state index in [1.165, 1.54) is 11.1 Å². The molecule has 0 spiro atoms. The number of rotatable bonds is 0. The number of hydrogen-bond donors (Lipinski definition) is 0. The van der Waals surface area contributed by atoms with Crippen LogP contribution in [-0.2, 0) is 13.0 Å². The van der Waals surface area contributed by atoms with Crippen LogP contribution >= 0.6 is 0 Å². The van der Waals surface area contributed by atoms with E-state index in [-0.39, 0.29) is 0 Å². The molecule has 0 amide bonds. The molecule has 2 rings (SSSR count). The van der Waals surface area contributed by atoms with Crippen LogP contribution in [0.15, 0.2) is 24.3 Å². The maximum absolute atomic E-state index is 3.27. The van der Waals surface area contributed by atoms with Crippen molar-refractivity contribution in [2.24, 2.45) is 0 Å². The zero-order valence-corrected chi connectivity index (χ0v) is 6.67. The molecule has 1 nitrogen and oxygen atoms in total. The Kier molecular flexibility index (Phi) is 1.66. The van der Waals surface area contributed by atoms with Gasteiger partial charge < -0.3 is 0 Å². The molecule has 1 heterocycles. The molecule has 0 aromatic heterocycles. The lowest BCUT2D eigenvalue weighted by Gasteiger charge is -2.23. The van der Waals surface area contributed by atoms with E-state index >= 15 is 0 Å². The Morgan fingerprint density at radius 3 is 2.82 bits per heavy atom. The van der Waals surface area contributed by atoms with Gasteiger partial charge in [-0.2, -0.15) is 0 Å². The summed E-state index contributed by atoms with van der Waals surface area (Å²) in [4.78, 5) is 2.11. The van der Waals surface area contributed by atoms with Gasteiger partial charge in [0.05, 0.1) is 6.54 Å². The highest BCUT2D eigenvalue weighted by atomic mass is 15.1. The molecular formula is C10H11N. The molecule has 0 atom stereocenters. The molecule has 2 radical (unpaired) electrons. The van der Waals surface area contributed by atoms with Gasteiger partial charge in [0.1, 0.15) is 0 Å². The summed E-state index contributed by atoms with van der Waals surface area (Å²) < 4.78 is 0. The van der Waals surface area contributed by atoms with E-state index in [4.69, 9.17) is 0 Å². The fourth-order valence-corrected chi connectivity index (χ4v) is 1.42. The minimum atomic E-state index is 0.965. The van der Waals surface area contributed by atoms with E-state index in [1.54, 1.807) is 0 Å². The summed E-state index contributed by atoms with van der Waals surface area (Å²) in [5, 5.41) is 0. The lowest BCUT2D eigenvalue weighted by molar-refractivity contribution is 0.374. The first kappa shape index (κ1) is 6.86. The average molecular weight is 145 g/mol. The zero-order valence-electron chi connectivity index (χ0n) is 6.67. The summed E-state index contributed by atoms with van der Waals surface area (Å²) in [6, 6.07) is 8.55. The first-order valence-electron chi connectivity index (χ1n) is 3.88. The molecule has 0 aliphatic carbocycles. The van der Waals surface area contributed by atoms with E-state index in [0.717, 1.165) is 13.0 Å². The molecule has 0 fully saturated rings. The van der Waals surface area contributed by atoms with Gasteiger partial charge in [0.2, 0.25) is 0 Å². The lowest BCUT2D eigenvalue weighted by atomic mass is 10.0. The van der Waals surface area contributed by atoms with Crippen molar-refractivity contribution in [3.63, 3.8) is 0 Å². The molecule has 0 N–H and O–H groups in total. The van der Waals surface area contributed by atoms with Crippen LogP contribution in [0, 0.1) is 6.54 Å². The number of fused-ring (bicyclic) bond motifs is 1. The first-order chi connectivity index (χ1) is 5.36. The van der Waals surface area contributed by atoms with Gasteiger partial charge in [-0.05, 0) is 24.6 Å². The van der Waals surface area contributed by atoms with Crippen molar-refractivity contribution in [3.05, 3.63) is 41.9 Å². The standard InChI is InChI=1S/C10H11N/c1-11-7-6-9-4-2-3-5-10(9)8-11/h2-5H,6,8H2,1H3. The summed E-state index contributed by atoms with van der Waals surface area (Å²) in [6.45, 7) is 4.28. The first-order valence-corrected chi connectivity index (χ1v) is 3.88. The fourth-order valence-electron chi connectivity index (χ4n) is 1.42. The molecule has 1 heteroatoms. The molecule has 1 aliphatic rings. The molecule has 1 aromatic carbocycles. The number of likely N-dealkylation sites (N-methyl/N-ethyl adjacent to an activating group) is 1. The van der Waals surface area contributed by atoms with E-state index in [1.807, 2.05) is 0 Å². The average Bonchev–Trinajstić information content (AvgIpc) is 2.04. The highest BCUT2D eigenvalue weighted by molar-refractivity contribution is 5.30. The van der Waals surface area contributed by atoms with Gasteiger partial charge in [-0.15, -0.1) is 0 Å². The Morgan fingerprint density at radius 2 is 2.00 bits per heavy atom. The SMILES string of the molecule is CN1[C]Cc2ccccc2C1. The fraction of sp³-hybridized carbons (Fsp3) is 0.300. The van der Waals surface area contributed by atoms with Crippen molar-refractivity contribution in [3.8, 4) is 0 Å². The van der Waals surface area contributed by atoms with Crippen LogP contribution < -0.4 is 0 Å². The van der Waals surface area contributed by atoms with E-state index in [2.05, 4.69) is 42.8 Å². The lowest BCUT2D eigenvalue weighted by Crippen LogP contribution is -2.21. The van der Waals surface area contributed by atoms with E-state index in [0.29, 0.717) is 0 Å². The maximum Gasteiger partial charge on any atom is 0.0663 e. The number of benzene rings is 1. The number of hydrogen-bond acceptors (Lipinski definition) is 1. The molecule has 0 bridgehead atoms. The Balaban J connectivity index is 2.34. The third-order valence-corrected chi connectivity index (χ3v) is 2.07. The molecule has 0 unspecified atom stereocenters. The molecule has 1 aliphatic heterocycles. The van der Waals surface area contributed by atoms with Crippen LogP contribution in [0.25, 0.3) is 0 Å². The van der Waals surface area contributed by atoms with E-state index < -0.39 is 0 Å². The van der Waals surface area contributed by atoms with Crippen molar-refractivity contribution < 1.29 is 0 Å². The number of nitrogens with zero attached hydrogens (tertiary/aromatic N) is 1. The molecule has 1 aromatic rings. The Morgan fingerprint density at radius 1 is 1.27 bits per heavy atom. The predicted octanol–water partition coefficient (Wildman–Crippen LogP) is 1.71. The molecule has 0 saturated heterocycles. The quantitative estimate of drug-likeness (QED) is 0.537. The third kappa shape index (κ3) is 1.29. The van der Waals surface area contributed by atoms with Crippen molar-refractivity contribution in [2.45, 2.75) is 13.0 Å². The summed E-state index contributed by atoms with van der Waals surface area (Å²) in [5.41, 5.74) is 2.86. The monoisotopic (exact) mass is 145 g/mol. The largest absolute Gasteiger partial charge is 0.292 e. The summed E-state index contributed by atoms with van der Waals surface area (Å²) in [5.74, 6) is 0. The maximum atomic E-state index is 3.27. The zero-order chi connectivity index (χ0) is 7.68. The highest BCUT2D eigenvalue weighted by Crippen LogP contribution is 2.18. The smallest absolute Gasteiger partial charge is 0.0663 e. The van der Waals surface area contributed by atoms with Crippen LogP contribution in [-0.4, -0.2) is 11.9 Å². The predicted molar refractivity (Wildman–Crippen MR) is 44.9 cm³/mol. The molecule has 0 saturated carbocycles. The minimum Gasteiger partial charge on any atom is -0.292 e. The highest BCUT2D eigenvalue weighted by Gasteiger charge is 2.11. The van der Waals surface area contributed by atoms with Gasteiger partial charge in [0.15, 0.2) is 0 Å². The summed E-state index contributed by atoms with van der Waals surface area (Å²) in [7, 11) is 2.07. The van der Waals surface area contributed by atoms with Crippen molar-refractivity contribution in [1.82, 2.24) is 4.90 Å². The van der Waals surface area contributed by atoms with E-state index in [9.17, 15) is 0 Å². The van der Waals surface area contributed by atoms with Crippen LogP contribution in [0.5, 0.6) is 0 Å². The molecule has 56 valence electrons. The van der Waals surface area contributed by atoms with Crippen molar-refractivity contribution in [2.75, 3.05) is 7.05 Å². The van der Waals surface area contributed by atoms with Gasteiger partial charge in [-0.3, -0.25) is 4.90 Å². The van der Waals surface area contributed by atoms with Crippen LogP contribution in [0.2, 0.25) is 0 Å². The molecule has 11 heavy (non-hydrogen) atoms. The van der Waals surface area contributed by atoms with Gasteiger partial charge >= 0.3 is 0 Å². The van der Waals surface area contributed by atoms with Gasteiger partial charge in [-0.25, -0.2) is 0 Å². The van der Waals surface area contributed by atoms with Crippen molar-refractivity contribution in [1.29, 1.82) is 0 Å². The minimum absolute atomic E-state index is 0.965. The van der Waals surface area contributed by atoms with Crippen molar-refractivity contribution >= 4 is 0 Å². The summed E-state index contributed by atoms with van der Waals surface area (Å²) in [6.07, 6.45) is 0.965.